The second-order valence-corrected chi connectivity index (χ2v) is 2.83. The lowest BCUT2D eigenvalue weighted by molar-refractivity contribution is -0.285. The van der Waals surface area contributed by atoms with Gasteiger partial charge in [0.2, 0.25) is 0 Å². The molecule has 1 saturated heterocycles. The lowest BCUT2D eigenvalue weighted by Crippen LogP contribution is -2.68. The summed E-state index contributed by atoms with van der Waals surface area (Å²) in [6.45, 7) is 2.32. The number of hydrogen-bond donors (Lipinski definition) is 2. The molecule has 5 nitrogen and oxygen atoms in total. The van der Waals surface area contributed by atoms with Gasteiger partial charge < -0.3 is 15.2 Å². The van der Waals surface area contributed by atoms with Crippen molar-refractivity contribution in [2.45, 2.75) is 11.9 Å². The summed E-state index contributed by atoms with van der Waals surface area (Å²) in [5.41, 5.74) is -3.94. The molecule has 1 atom stereocenters. The molecule has 0 aromatic carbocycles. The zero-order valence-electron chi connectivity index (χ0n) is 7.22. The first-order chi connectivity index (χ1) is 6.71. The lowest BCUT2D eigenvalue weighted by Gasteiger charge is -2.35. The number of carboxylic acid groups (broad SMARTS) is 1. The van der Waals surface area contributed by atoms with Crippen LogP contribution in [0.1, 0.15) is 0 Å². The van der Waals surface area contributed by atoms with Crippen LogP contribution in [0.2, 0.25) is 0 Å². The number of nitrogens with one attached hydrogen (secondary N) is 1. The maximum absolute atomic E-state index is 12.4. The van der Waals surface area contributed by atoms with Crippen molar-refractivity contribution < 1.29 is 32.6 Å². The average molecular weight is 225 g/mol. The Balaban J connectivity index is 3.10. The number of carbonyl (C=O) groups excluding carboxylic acids is 1. The summed E-state index contributed by atoms with van der Waals surface area (Å²) >= 11 is 0. The number of amides is 1. The molecule has 1 fully saturated rings. The summed E-state index contributed by atoms with van der Waals surface area (Å²) in [5, 5.41) is 9.67. The SMILES string of the molecule is C=C1COC(C(=O)O)(C(F)(F)F)NC1=O. The predicted octanol–water partition coefficient (Wildman–Crippen LogP) is 0.0322. The molecule has 0 radical (unpaired) electrons. The first-order valence-corrected chi connectivity index (χ1v) is 3.65. The van der Waals surface area contributed by atoms with E-state index in [1.807, 2.05) is 0 Å². The van der Waals surface area contributed by atoms with Gasteiger partial charge in [0.1, 0.15) is 0 Å². The monoisotopic (exact) mass is 225 g/mol. The van der Waals surface area contributed by atoms with Crippen molar-refractivity contribution in [2.24, 2.45) is 0 Å². The number of ether oxygens (including phenoxy) is 1. The average Bonchev–Trinajstić information content (AvgIpc) is 2.07. The number of aliphatic carboxylic acids is 1. The largest absolute Gasteiger partial charge is 0.477 e. The third-order valence-electron chi connectivity index (χ3n) is 1.77. The molecule has 1 amide bonds. The van der Waals surface area contributed by atoms with Crippen molar-refractivity contribution >= 4 is 11.9 Å². The van der Waals surface area contributed by atoms with Gasteiger partial charge in [0.15, 0.2) is 0 Å². The molecular weight excluding hydrogens is 219 g/mol. The van der Waals surface area contributed by atoms with E-state index in [0.29, 0.717) is 0 Å². The van der Waals surface area contributed by atoms with Gasteiger partial charge in [-0.3, -0.25) is 4.79 Å². The van der Waals surface area contributed by atoms with Crippen LogP contribution < -0.4 is 5.32 Å². The van der Waals surface area contributed by atoms with E-state index >= 15 is 0 Å². The first-order valence-electron chi connectivity index (χ1n) is 3.65. The van der Waals surface area contributed by atoms with E-state index in [2.05, 4.69) is 11.3 Å². The minimum absolute atomic E-state index is 0.267. The number of carbonyl (C=O) groups is 2. The van der Waals surface area contributed by atoms with Gasteiger partial charge in [0.25, 0.3) is 5.91 Å². The first kappa shape index (κ1) is 11.5. The summed E-state index contributed by atoms with van der Waals surface area (Å²) < 4.78 is 41.3. The molecule has 15 heavy (non-hydrogen) atoms. The number of rotatable bonds is 1. The lowest BCUT2D eigenvalue weighted by atomic mass is 10.1. The number of alkyl halides is 3. The Kier molecular flexibility index (Phi) is 2.48. The van der Waals surface area contributed by atoms with Gasteiger partial charge in [-0.25, -0.2) is 4.79 Å². The maximum Gasteiger partial charge on any atom is 0.448 e. The van der Waals surface area contributed by atoms with Crippen LogP contribution in [0.5, 0.6) is 0 Å². The molecule has 0 spiro atoms. The fraction of sp³-hybridized carbons (Fsp3) is 0.429. The van der Waals surface area contributed by atoms with Gasteiger partial charge in [-0.05, 0) is 0 Å². The van der Waals surface area contributed by atoms with E-state index in [9.17, 15) is 22.8 Å². The van der Waals surface area contributed by atoms with E-state index in [-0.39, 0.29) is 5.57 Å². The highest BCUT2D eigenvalue weighted by atomic mass is 19.4. The van der Waals surface area contributed by atoms with Gasteiger partial charge in [-0.2, -0.15) is 13.2 Å². The molecule has 1 aliphatic heterocycles. The number of carboxylic acids is 1. The molecule has 0 saturated carbocycles. The highest BCUT2D eigenvalue weighted by molar-refractivity contribution is 5.98. The molecule has 1 heterocycles. The third kappa shape index (κ3) is 1.67. The zero-order valence-corrected chi connectivity index (χ0v) is 7.22. The van der Waals surface area contributed by atoms with Crippen LogP contribution in [0, 0.1) is 0 Å². The molecule has 0 aliphatic carbocycles. The van der Waals surface area contributed by atoms with Crippen LogP contribution in [0.15, 0.2) is 12.2 Å². The van der Waals surface area contributed by atoms with Crippen LogP contribution in [0.4, 0.5) is 13.2 Å². The van der Waals surface area contributed by atoms with Crippen molar-refractivity contribution in [3.63, 3.8) is 0 Å². The minimum atomic E-state index is -5.24. The Morgan fingerprint density at radius 3 is 2.47 bits per heavy atom. The Hall–Kier alpha value is -1.57. The zero-order chi connectivity index (χ0) is 11.9. The van der Waals surface area contributed by atoms with E-state index < -0.39 is 30.4 Å². The molecule has 1 rings (SSSR count). The van der Waals surface area contributed by atoms with Crippen molar-refractivity contribution in [1.82, 2.24) is 5.32 Å². The van der Waals surface area contributed by atoms with Crippen LogP contribution in [-0.2, 0) is 14.3 Å². The quantitative estimate of drug-likeness (QED) is 0.617. The summed E-state index contributed by atoms with van der Waals surface area (Å²) in [5.74, 6) is -3.52. The topological polar surface area (TPSA) is 75.6 Å². The summed E-state index contributed by atoms with van der Waals surface area (Å²) in [4.78, 5) is 21.4. The van der Waals surface area contributed by atoms with Gasteiger partial charge in [0, 0.05) is 5.57 Å². The standard InChI is InChI=1S/C7H6F3NO4/c1-3-2-15-6(5(13)14,7(8,9)10)11-4(3)12/h1-2H2,(H,11,12)(H,13,14). The second-order valence-electron chi connectivity index (χ2n) is 2.83. The van der Waals surface area contributed by atoms with Gasteiger partial charge >= 0.3 is 17.9 Å². The van der Waals surface area contributed by atoms with Gasteiger partial charge in [-0.1, -0.05) is 6.58 Å². The van der Waals surface area contributed by atoms with Gasteiger partial charge in [0.05, 0.1) is 6.61 Å². The Morgan fingerprint density at radius 1 is 1.60 bits per heavy atom. The summed E-state index contributed by atoms with van der Waals surface area (Å²) in [7, 11) is 0. The molecule has 1 unspecified atom stereocenters. The molecule has 2 N–H and O–H groups in total. The summed E-state index contributed by atoms with van der Waals surface area (Å²) in [6, 6.07) is 0. The maximum atomic E-state index is 12.4. The Bertz CT molecular complexity index is 338. The van der Waals surface area contributed by atoms with Crippen LogP contribution in [-0.4, -0.2) is 35.5 Å². The van der Waals surface area contributed by atoms with E-state index in [1.165, 1.54) is 5.32 Å². The van der Waals surface area contributed by atoms with Crippen LogP contribution in [0.25, 0.3) is 0 Å². The third-order valence-corrected chi connectivity index (χ3v) is 1.77. The van der Waals surface area contributed by atoms with Crippen molar-refractivity contribution in [3.05, 3.63) is 12.2 Å². The predicted molar refractivity (Wildman–Crippen MR) is 39.7 cm³/mol. The molecule has 1 aliphatic rings. The van der Waals surface area contributed by atoms with E-state index in [0.717, 1.165) is 0 Å². The minimum Gasteiger partial charge on any atom is -0.477 e. The second kappa shape index (κ2) is 3.23. The van der Waals surface area contributed by atoms with Crippen molar-refractivity contribution in [1.29, 1.82) is 0 Å². The molecular formula is C7H6F3NO4. The fourth-order valence-corrected chi connectivity index (χ4v) is 0.934. The van der Waals surface area contributed by atoms with Crippen LogP contribution in [0.3, 0.4) is 0 Å². The highest BCUT2D eigenvalue weighted by Crippen LogP contribution is 2.34. The number of halogens is 3. The molecule has 0 bridgehead atoms. The van der Waals surface area contributed by atoms with E-state index in [4.69, 9.17) is 5.11 Å². The Morgan fingerprint density at radius 2 is 2.13 bits per heavy atom. The summed E-state index contributed by atoms with van der Waals surface area (Å²) in [6.07, 6.45) is -5.24. The molecule has 0 aromatic rings. The normalized spacial score (nSPS) is 27.4. The smallest absolute Gasteiger partial charge is 0.448 e. The Labute approximate surface area is 81.5 Å². The van der Waals surface area contributed by atoms with Gasteiger partial charge in [-0.15, -0.1) is 0 Å². The molecule has 8 heteroatoms. The van der Waals surface area contributed by atoms with Crippen molar-refractivity contribution in [2.75, 3.05) is 6.61 Å². The van der Waals surface area contributed by atoms with Crippen LogP contribution >= 0.6 is 0 Å². The molecule has 84 valence electrons. The fourth-order valence-electron chi connectivity index (χ4n) is 0.934. The van der Waals surface area contributed by atoms with E-state index in [1.54, 1.807) is 0 Å². The highest BCUT2D eigenvalue weighted by Gasteiger charge is 2.65. The number of hydrogen-bond acceptors (Lipinski definition) is 3. The molecule has 0 aromatic heterocycles. The van der Waals surface area contributed by atoms with Crippen molar-refractivity contribution in [3.8, 4) is 0 Å².